The van der Waals surface area contributed by atoms with Crippen molar-refractivity contribution in [3.05, 3.63) is 63.9 Å². The zero-order valence-electron chi connectivity index (χ0n) is 14.1. The first-order valence-corrected chi connectivity index (χ1v) is 9.58. The van der Waals surface area contributed by atoms with Gasteiger partial charge in [0.05, 0.1) is 0 Å². The number of fused-ring (bicyclic) bond motifs is 3. The van der Waals surface area contributed by atoms with Crippen molar-refractivity contribution >= 4 is 15.9 Å². The molecule has 1 atom stereocenters. The first-order chi connectivity index (χ1) is 12.1. The summed E-state index contributed by atoms with van der Waals surface area (Å²) in [6, 6.07) is 12.4. The number of hydrogen-bond donors (Lipinski definition) is 1. The van der Waals surface area contributed by atoms with Crippen LogP contribution in [0.5, 0.6) is 0 Å². The van der Waals surface area contributed by atoms with E-state index in [4.69, 9.17) is 0 Å². The minimum absolute atomic E-state index is 0.290. The maximum atomic E-state index is 11.0. The predicted octanol–water partition coefficient (Wildman–Crippen LogP) is 3.24. The molecule has 1 unspecified atom stereocenters. The van der Waals surface area contributed by atoms with Gasteiger partial charge < -0.3 is 5.11 Å². The van der Waals surface area contributed by atoms with Gasteiger partial charge in [0.15, 0.2) is 0 Å². The highest BCUT2D eigenvalue weighted by atomic mass is 79.9. The molecule has 2 aromatic rings. The topological polar surface area (TPSA) is 36.4 Å². The monoisotopic (exact) mass is 396 g/mol. The zero-order chi connectivity index (χ0) is 17.3. The van der Waals surface area contributed by atoms with Gasteiger partial charge in [0.2, 0.25) is 0 Å². The fourth-order valence-corrected chi connectivity index (χ4v) is 4.27. The van der Waals surface area contributed by atoms with Crippen LogP contribution < -0.4 is 0 Å². The van der Waals surface area contributed by atoms with E-state index in [0.29, 0.717) is 6.54 Å². The molecule has 0 aliphatic carbocycles. The Balaban J connectivity index is 1.63. The molecule has 4 heteroatoms. The smallest absolute Gasteiger partial charge is 0.141 e. The molecule has 1 aromatic heterocycles. The maximum Gasteiger partial charge on any atom is 0.141 e. The summed E-state index contributed by atoms with van der Waals surface area (Å²) in [6.07, 6.45) is 4.63. The largest absolute Gasteiger partial charge is 0.376 e. The third kappa shape index (κ3) is 3.64. The molecule has 0 saturated carbocycles. The van der Waals surface area contributed by atoms with Gasteiger partial charge in [-0.2, -0.15) is 0 Å². The number of aromatic nitrogens is 1. The quantitative estimate of drug-likeness (QED) is 0.791. The van der Waals surface area contributed by atoms with Gasteiger partial charge in [-0.25, -0.2) is 4.98 Å². The standard InChI is InChI=1S/C21H21BrN2O/c22-19-13-17(12-16-4-2-1-3-5-16)20(23-14-19)6-9-21(25)15-24-10-7-18(21)8-11-24/h1-5,13-14,18,25H,7-8,10-12,15H2. The van der Waals surface area contributed by atoms with Crippen molar-refractivity contribution in [3.63, 3.8) is 0 Å². The molecule has 1 N–H and O–H groups in total. The highest BCUT2D eigenvalue weighted by Crippen LogP contribution is 2.35. The van der Waals surface area contributed by atoms with Gasteiger partial charge in [-0.15, -0.1) is 0 Å². The van der Waals surface area contributed by atoms with Crippen LogP contribution in [0.3, 0.4) is 0 Å². The molecule has 3 fully saturated rings. The van der Waals surface area contributed by atoms with Crippen LogP contribution in [-0.4, -0.2) is 40.2 Å². The number of hydrogen-bond acceptors (Lipinski definition) is 3. The van der Waals surface area contributed by atoms with E-state index < -0.39 is 5.60 Å². The number of halogens is 1. The summed E-state index contributed by atoms with van der Waals surface area (Å²) >= 11 is 3.51. The lowest BCUT2D eigenvalue weighted by Gasteiger charge is -2.47. The van der Waals surface area contributed by atoms with E-state index in [9.17, 15) is 5.11 Å². The average molecular weight is 397 g/mol. The first-order valence-electron chi connectivity index (χ1n) is 8.79. The molecule has 5 rings (SSSR count). The highest BCUT2D eigenvalue weighted by Gasteiger charge is 2.44. The van der Waals surface area contributed by atoms with Crippen LogP contribution in [0.15, 0.2) is 47.1 Å². The molecule has 0 spiro atoms. The normalized spacial score (nSPS) is 27.6. The van der Waals surface area contributed by atoms with Crippen LogP contribution in [0.25, 0.3) is 0 Å². The Morgan fingerprint density at radius 2 is 2.00 bits per heavy atom. The molecule has 4 heterocycles. The van der Waals surface area contributed by atoms with E-state index in [0.717, 1.165) is 48.1 Å². The number of nitrogens with zero attached hydrogens (tertiary/aromatic N) is 2. The lowest BCUT2D eigenvalue weighted by Crippen LogP contribution is -2.58. The fourth-order valence-electron chi connectivity index (χ4n) is 3.89. The van der Waals surface area contributed by atoms with E-state index in [-0.39, 0.29) is 5.92 Å². The van der Waals surface area contributed by atoms with E-state index in [1.807, 2.05) is 18.2 Å². The Morgan fingerprint density at radius 3 is 2.68 bits per heavy atom. The summed E-state index contributed by atoms with van der Waals surface area (Å²) in [4.78, 5) is 6.82. The van der Waals surface area contributed by atoms with Gasteiger partial charge in [0.25, 0.3) is 0 Å². The van der Waals surface area contributed by atoms with Gasteiger partial charge in [-0.3, -0.25) is 4.90 Å². The second-order valence-corrected chi connectivity index (χ2v) is 7.96. The van der Waals surface area contributed by atoms with Crippen molar-refractivity contribution in [2.45, 2.75) is 24.9 Å². The number of rotatable bonds is 2. The Morgan fingerprint density at radius 1 is 1.24 bits per heavy atom. The first kappa shape index (κ1) is 16.8. The average Bonchev–Trinajstić information content (AvgIpc) is 2.63. The van der Waals surface area contributed by atoms with Crippen molar-refractivity contribution in [1.82, 2.24) is 9.88 Å². The van der Waals surface area contributed by atoms with E-state index in [1.54, 1.807) is 6.20 Å². The molecule has 0 amide bonds. The maximum absolute atomic E-state index is 11.0. The summed E-state index contributed by atoms with van der Waals surface area (Å²) in [6.45, 7) is 2.84. The summed E-state index contributed by atoms with van der Waals surface area (Å²) in [5.41, 5.74) is 2.18. The molecule has 3 saturated heterocycles. The Kier molecular flexibility index (Phi) is 4.64. The van der Waals surface area contributed by atoms with Gasteiger partial charge in [-0.1, -0.05) is 36.3 Å². The van der Waals surface area contributed by atoms with Crippen LogP contribution >= 0.6 is 15.9 Å². The second-order valence-electron chi connectivity index (χ2n) is 7.05. The van der Waals surface area contributed by atoms with Crippen molar-refractivity contribution < 1.29 is 5.11 Å². The van der Waals surface area contributed by atoms with Crippen molar-refractivity contribution in [2.24, 2.45) is 5.92 Å². The van der Waals surface area contributed by atoms with Crippen molar-refractivity contribution in [2.75, 3.05) is 19.6 Å². The van der Waals surface area contributed by atoms with Crippen LogP contribution in [0.2, 0.25) is 0 Å². The van der Waals surface area contributed by atoms with Crippen LogP contribution in [-0.2, 0) is 6.42 Å². The molecule has 3 aliphatic heterocycles. The molecule has 128 valence electrons. The van der Waals surface area contributed by atoms with Gasteiger partial charge >= 0.3 is 0 Å². The van der Waals surface area contributed by atoms with E-state index >= 15 is 0 Å². The Bertz CT molecular complexity index is 819. The number of piperidine rings is 3. The minimum atomic E-state index is -0.894. The van der Waals surface area contributed by atoms with Gasteiger partial charge in [-0.05, 0) is 65.0 Å². The fraction of sp³-hybridized carbons (Fsp3) is 0.381. The number of pyridine rings is 1. The molecule has 3 aliphatic rings. The predicted molar refractivity (Wildman–Crippen MR) is 102 cm³/mol. The SMILES string of the molecule is OC1(C#Cc2ncc(Br)cc2Cc2ccccc2)CN2CCC1CC2. The van der Waals surface area contributed by atoms with Gasteiger partial charge in [0, 0.05) is 29.6 Å². The summed E-state index contributed by atoms with van der Waals surface area (Å²) in [5, 5.41) is 11.0. The minimum Gasteiger partial charge on any atom is -0.376 e. The molecule has 3 nitrogen and oxygen atoms in total. The molecule has 2 bridgehead atoms. The van der Waals surface area contributed by atoms with Crippen LogP contribution in [0.4, 0.5) is 0 Å². The third-order valence-corrected chi connectivity index (χ3v) is 5.73. The highest BCUT2D eigenvalue weighted by molar-refractivity contribution is 9.10. The Labute approximate surface area is 157 Å². The molecule has 0 radical (unpaired) electrons. The molecular formula is C21H21BrN2O. The number of aliphatic hydroxyl groups is 1. The second kappa shape index (κ2) is 6.92. The number of benzene rings is 1. The lowest BCUT2D eigenvalue weighted by molar-refractivity contribution is -0.0713. The summed E-state index contributed by atoms with van der Waals surface area (Å²) in [7, 11) is 0. The Hall–Kier alpha value is -1.67. The van der Waals surface area contributed by atoms with Gasteiger partial charge in [0.1, 0.15) is 11.3 Å². The molecular weight excluding hydrogens is 376 g/mol. The molecule has 25 heavy (non-hydrogen) atoms. The van der Waals surface area contributed by atoms with E-state index in [2.05, 4.69) is 55.9 Å². The van der Waals surface area contributed by atoms with Crippen LogP contribution in [0, 0.1) is 17.8 Å². The zero-order valence-corrected chi connectivity index (χ0v) is 15.7. The summed E-state index contributed by atoms with van der Waals surface area (Å²) < 4.78 is 0.950. The summed E-state index contributed by atoms with van der Waals surface area (Å²) in [5.74, 6) is 6.66. The van der Waals surface area contributed by atoms with Crippen molar-refractivity contribution in [3.8, 4) is 11.8 Å². The lowest BCUT2D eigenvalue weighted by atomic mass is 9.76. The van der Waals surface area contributed by atoms with Crippen LogP contribution in [0.1, 0.15) is 29.7 Å². The molecule has 1 aromatic carbocycles. The third-order valence-electron chi connectivity index (χ3n) is 5.30. The van der Waals surface area contributed by atoms with E-state index in [1.165, 1.54) is 5.56 Å². The van der Waals surface area contributed by atoms with Crippen molar-refractivity contribution in [1.29, 1.82) is 0 Å².